The molecule has 0 saturated carbocycles. The van der Waals surface area contributed by atoms with Gasteiger partial charge < -0.3 is 10.0 Å². The second-order valence-corrected chi connectivity index (χ2v) is 5.35. The number of rotatable bonds is 1. The third-order valence-electron chi connectivity index (χ3n) is 3.79. The minimum Gasteiger partial charge on any atom is -0.393 e. The number of aliphatic hydroxyl groups is 1. The maximum atomic E-state index is 12.4. The highest BCUT2D eigenvalue weighted by Gasteiger charge is 2.43. The van der Waals surface area contributed by atoms with Crippen molar-refractivity contribution in [3.05, 3.63) is 23.0 Å². The van der Waals surface area contributed by atoms with E-state index in [0.29, 0.717) is 18.5 Å². The lowest BCUT2D eigenvalue weighted by molar-refractivity contribution is 0.0282. The van der Waals surface area contributed by atoms with Crippen LogP contribution in [0, 0.1) is 0 Å². The fourth-order valence-corrected chi connectivity index (χ4v) is 3.14. The smallest absolute Gasteiger partial charge is 0.274 e. The number of hydrogen-bond acceptors (Lipinski definition) is 4. The van der Waals surface area contributed by atoms with Crippen LogP contribution >= 0.6 is 11.6 Å². The summed E-state index contributed by atoms with van der Waals surface area (Å²) in [5.74, 6) is -0.0985. The van der Waals surface area contributed by atoms with Crippen LogP contribution in [0.1, 0.15) is 36.2 Å². The Kier molecular flexibility index (Phi) is 2.95. The van der Waals surface area contributed by atoms with Gasteiger partial charge in [0.05, 0.1) is 6.10 Å². The Labute approximate surface area is 110 Å². The first kappa shape index (κ1) is 11.9. The highest BCUT2D eigenvalue weighted by atomic mass is 35.5. The number of nitrogens with zero attached hydrogens (tertiary/aromatic N) is 3. The van der Waals surface area contributed by atoms with Crippen molar-refractivity contribution in [3.8, 4) is 0 Å². The molecule has 0 spiro atoms. The molecule has 2 bridgehead atoms. The molecule has 2 atom stereocenters. The molecule has 2 aliphatic rings. The van der Waals surface area contributed by atoms with E-state index in [1.54, 1.807) is 12.1 Å². The van der Waals surface area contributed by atoms with Crippen LogP contribution in [0.5, 0.6) is 0 Å². The number of aromatic nitrogens is 2. The number of carbonyl (C=O) groups is 1. The zero-order valence-corrected chi connectivity index (χ0v) is 10.5. The van der Waals surface area contributed by atoms with E-state index in [1.165, 1.54) is 0 Å². The van der Waals surface area contributed by atoms with E-state index in [2.05, 4.69) is 10.2 Å². The van der Waals surface area contributed by atoms with Crippen LogP contribution in [0.3, 0.4) is 0 Å². The Morgan fingerprint density at radius 1 is 1.28 bits per heavy atom. The molecule has 2 saturated heterocycles. The molecular weight excluding hydrogens is 254 g/mol. The minimum absolute atomic E-state index is 0.0985. The highest BCUT2D eigenvalue weighted by molar-refractivity contribution is 6.29. The first-order valence-electron chi connectivity index (χ1n) is 6.15. The topological polar surface area (TPSA) is 66.3 Å². The van der Waals surface area contributed by atoms with Crippen molar-refractivity contribution < 1.29 is 9.90 Å². The van der Waals surface area contributed by atoms with E-state index in [9.17, 15) is 9.90 Å². The standard InChI is InChI=1S/C12H14ClN3O2/c13-11-4-3-10(14-15-11)12(18)16-7-1-2-8(16)6-9(17)5-7/h3-4,7-9,17H,1-2,5-6H2. The summed E-state index contributed by atoms with van der Waals surface area (Å²) in [5, 5.41) is 17.5. The number of aliphatic hydroxyl groups excluding tert-OH is 1. The summed E-state index contributed by atoms with van der Waals surface area (Å²) in [6.07, 6.45) is 3.00. The minimum atomic E-state index is -0.275. The predicted octanol–water partition coefficient (Wildman–Crippen LogP) is 1.26. The van der Waals surface area contributed by atoms with Gasteiger partial charge in [0, 0.05) is 12.1 Å². The van der Waals surface area contributed by atoms with Crippen molar-refractivity contribution in [3.63, 3.8) is 0 Å². The molecule has 3 rings (SSSR count). The summed E-state index contributed by atoms with van der Waals surface area (Å²) in [6.45, 7) is 0. The van der Waals surface area contributed by atoms with E-state index in [0.717, 1.165) is 12.8 Å². The molecule has 2 aliphatic heterocycles. The molecule has 0 radical (unpaired) electrons. The Balaban J connectivity index is 1.83. The van der Waals surface area contributed by atoms with Gasteiger partial charge >= 0.3 is 0 Å². The zero-order chi connectivity index (χ0) is 12.7. The van der Waals surface area contributed by atoms with Crippen molar-refractivity contribution in [2.45, 2.75) is 43.9 Å². The van der Waals surface area contributed by atoms with Crippen LogP contribution in [0.4, 0.5) is 0 Å². The molecule has 3 heterocycles. The van der Waals surface area contributed by atoms with Gasteiger partial charge in [0.25, 0.3) is 5.91 Å². The molecule has 5 nitrogen and oxygen atoms in total. The van der Waals surface area contributed by atoms with E-state index < -0.39 is 0 Å². The molecule has 1 amide bonds. The van der Waals surface area contributed by atoms with E-state index in [-0.39, 0.29) is 29.2 Å². The van der Waals surface area contributed by atoms with Gasteiger partial charge in [0.15, 0.2) is 10.8 Å². The Morgan fingerprint density at radius 3 is 2.50 bits per heavy atom. The average molecular weight is 268 g/mol. The Bertz CT molecular complexity index is 451. The number of fused-ring (bicyclic) bond motifs is 2. The molecule has 1 N–H and O–H groups in total. The lowest BCUT2D eigenvalue weighted by Gasteiger charge is -2.36. The first-order chi connectivity index (χ1) is 8.65. The fraction of sp³-hybridized carbons (Fsp3) is 0.583. The van der Waals surface area contributed by atoms with Crippen LogP contribution in [-0.4, -0.2) is 44.3 Å². The third kappa shape index (κ3) is 1.97. The SMILES string of the molecule is O=C(c1ccc(Cl)nn1)N1C2CCC1CC(O)C2. The summed E-state index contributed by atoms with van der Waals surface area (Å²) in [5.41, 5.74) is 0.327. The molecule has 0 aromatic carbocycles. The molecule has 96 valence electrons. The second kappa shape index (κ2) is 4.48. The lowest BCUT2D eigenvalue weighted by Crippen LogP contribution is -2.48. The van der Waals surface area contributed by atoms with Crippen molar-refractivity contribution >= 4 is 17.5 Å². The summed E-state index contributed by atoms with van der Waals surface area (Å²) < 4.78 is 0. The quantitative estimate of drug-likeness (QED) is 0.832. The zero-order valence-electron chi connectivity index (χ0n) is 9.79. The van der Waals surface area contributed by atoms with Crippen LogP contribution in [0.2, 0.25) is 5.15 Å². The van der Waals surface area contributed by atoms with Gasteiger partial charge in [-0.25, -0.2) is 0 Å². The van der Waals surface area contributed by atoms with Crippen molar-refractivity contribution in [2.24, 2.45) is 0 Å². The van der Waals surface area contributed by atoms with Crippen LogP contribution in [0.15, 0.2) is 12.1 Å². The number of amides is 1. The molecule has 6 heteroatoms. The van der Waals surface area contributed by atoms with Gasteiger partial charge in [-0.15, -0.1) is 10.2 Å². The van der Waals surface area contributed by atoms with Crippen molar-refractivity contribution in [1.29, 1.82) is 0 Å². The van der Waals surface area contributed by atoms with Crippen molar-refractivity contribution in [2.75, 3.05) is 0 Å². The second-order valence-electron chi connectivity index (χ2n) is 4.96. The van der Waals surface area contributed by atoms with Crippen LogP contribution in [-0.2, 0) is 0 Å². The normalized spacial score (nSPS) is 30.6. The highest BCUT2D eigenvalue weighted by Crippen LogP contribution is 2.36. The number of hydrogen-bond donors (Lipinski definition) is 1. The largest absolute Gasteiger partial charge is 0.393 e. The van der Waals surface area contributed by atoms with Gasteiger partial charge in [-0.3, -0.25) is 4.79 Å². The molecular formula is C12H14ClN3O2. The van der Waals surface area contributed by atoms with Crippen LogP contribution in [0.25, 0.3) is 0 Å². The van der Waals surface area contributed by atoms with E-state index in [4.69, 9.17) is 11.6 Å². The molecule has 18 heavy (non-hydrogen) atoms. The van der Waals surface area contributed by atoms with E-state index in [1.807, 2.05) is 4.90 Å². The molecule has 1 aromatic heterocycles. The summed E-state index contributed by atoms with van der Waals surface area (Å²) in [6, 6.07) is 3.46. The Hall–Kier alpha value is -1.20. The number of carbonyl (C=O) groups excluding carboxylic acids is 1. The molecule has 2 fully saturated rings. The summed E-state index contributed by atoms with van der Waals surface area (Å²) in [4.78, 5) is 14.2. The predicted molar refractivity (Wildman–Crippen MR) is 65.3 cm³/mol. The third-order valence-corrected chi connectivity index (χ3v) is 4.00. The maximum Gasteiger partial charge on any atom is 0.274 e. The lowest BCUT2D eigenvalue weighted by atomic mass is 9.99. The van der Waals surface area contributed by atoms with Gasteiger partial charge in [0.1, 0.15) is 0 Å². The first-order valence-corrected chi connectivity index (χ1v) is 6.53. The monoisotopic (exact) mass is 267 g/mol. The fourth-order valence-electron chi connectivity index (χ4n) is 3.04. The van der Waals surface area contributed by atoms with Crippen molar-refractivity contribution in [1.82, 2.24) is 15.1 Å². The Morgan fingerprint density at radius 2 is 1.94 bits per heavy atom. The maximum absolute atomic E-state index is 12.4. The number of halogens is 1. The van der Waals surface area contributed by atoms with Crippen LogP contribution < -0.4 is 0 Å². The molecule has 1 aromatic rings. The summed E-state index contributed by atoms with van der Waals surface area (Å²) >= 11 is 5.66. The molecule has 2 unspecified atom stereocenters. The molecule has 0 aliphatic carbocycles. The summed E-state index contributed by atoms with van der Waals surface area (Å²) in [7, 11) is 0. The van der Waals surface area contributed by atoms with Gasteiger partial charge in [0.2, 0.25) is 0 Å². The van der Waals surface area contributed by atoms with Gasteiger partial charge in [-0.2, -0.15) is 0 Å². The average Bonchev–Trinajstić information content (AvgIpc) is 2.62. The van der Waals surface area contributed by atoms with Gasteiger partial charge in [-0.05, 0) is 37.8 Å². The van der Waals surface area contributed by atoms with Gasteiger partial charge in [-0.1, -0.05) is 11.6 Å². The number of piperidine rings is 1. The van der Waals surface area contributed by atoms with E-state index >= 15 is 0 Å².